The topological polar surface area (TPSA) is 58.1 Å². The van der Waals surface area contributed by atoms with Crippen molar-refractivity contribution < 1.29 is 21.6 Å². The average molecular weight is 923 g/mol. The van der Waals surface area contributed by atoms with Gasteiger partial charge in [0, 0.05) is 34.8 Å². The smallest absolute Gasteiger partial charge is 0.269 e. The fourth-order valence-corrected chi connectivity index (χ4v) is 10.1. The van der Waals surface area contributed by atoms with Crippen LogP contribution in [0.2, 0.25) is 0 Å². The lowest BCUT2D eigenvalue weighted by Gasteiger charge is -2.17. The van der Waals surface area contributed by atoms with Gasteiger partial charge in [-0.2, -0.15) is 0 Å². The number of hydrogen-bond acceptors (Lipinski definition) is 3. The van der Waals surface area contributed by atoms with E-state index in [-0.39, 0.29) is 57.7 Å². The minimum atomic E-state index is -0.548. The second-order valence-electron chi connectivity index (χ2n) is 17.5. The van der Waals surface area contributed by atoms with Crippen LogP contribution >= 0.6 is 0 Å². The minimum absolute atomic E-state index is 0.0484. The van der Waals surface area contributed by atoms with Gasteiger partial charge in [0.2, 0.25) is 5.78 Å². The monoisotopic (exact) mass is 922 g/mol. The molecule has 0 amide bonds. The molecular weight excluding hydrogens is 871 g/mol. The summed E-state index contributed by atoms with van der Waals surface area (Å²) in [7, 11) is 0. The van der Waals surface area contributed by atoms with Crippen molar-refractivity contribution in [2.24, 2.45) is 0 Å². The molecule has 0 bridgehead atoms. The van der Waals surface area contributed by atoms with Gasteiger partial charge in [0.25, 0.3) is 6.33 Å². The largest absolute Gasteiger partial charge is 0.458 e. The van der Waals surface area contributed by atoms with E-state index in [0.29, 0.717) is 39.8 Å². The lowest BCUT2D eigenvalue weighted by Crippen LogP contribution is -2.31. The maximum atomic E-state index is 9.26. The number of benzene rings is 9. The van der Waals surface area contributed by atoms with E-state index in [4.69, 9.17) is 25.7 Å². The van der Waals surface area contributed by atoms with E-state index in [0.717, 1.165) is 55.1 Å². The zero-order valence-electron chi connectivity index (χ0n) is 47.2. The van der Waals surface area contributed by atoms with Crippen LogP contribution in [0.4, 0.5) is 0 Å². The van der Waals surface area contributed by atoms with Crippen LogP contribution in [0.25, 0.3) is 106 Å². The minimum Gasteiger partial charge on any atom is -0.458 e. The third-order valence-corrected chi connectivity index (χ3v) is 13.2. The third kappa shape index (κ3) is 6.49. The van der Waals surface area contributed by atoms with Gasteiger partial charge >= 0.3 is 0 Å². The van der Waals surface area contributed by atoms with E-state index in [1.807, 2.05) is 108 Å². The van der Waals surface area contributed by atoms with Crippen LogP contribution in [0.3, 0.4) is 0 Å². The van der Waals surface area contributed by atoms with Crippen LogP contribution in [0.5, 0.6) is 11.5 Å². The van der Waals surface area contributed by atoms with E-state index in [9.17, 15) is 1.37 Å². The Labute approximate surface area is 421 Å². The Morgan fingerprint density at radius 3 is 2.17 bits per heavy atom. The van der Waals surface area contributed by atoms with E-state index in [1.165, 1.54) is 0 Å². The maximum absolute atomic E-state index is 9.26. The summed E-state index contributed by atoms with van der Waals surface area (Å²) in [6.07, 6.45) is 5.45. The molecule has 0 atom stereocenters. The summed E-state index contributed by atoms with van der Waals surface area (Å²) in [6, 6.07) is 49.3. The number of aryl methyl sites for hydroxylation is 1. The van der Waals surface area contributed by atoms with Gasteiger partial charge in [0.05, 0.1) is 67.8 Å². The van der Waals surface area contributed by atoms with Gasteiger partial charge in [-0.25, -0.2) is 9.97 Å². The zero-order chi connectivity index (χ0) is 55.0. The molecule has 0 fully saturated rings. The first-order chi connectivity index (χ1) is 38.8. The molecule has 14 aromatic rings. The normalized spacial score (nSPS) is 13.6. The first kappa shape index (κ1) is 32.3. The lowest BCUT2D eigenvalue weighted by molar-refractivity contribution is -0.571. The van der Waals surface area contributed by atoms with Crippen molar-refractivity contribution in [1.29, 1.82) is 0 Å². The molecule has 0 N–H and O–H groups in total. The molecule has 5 heterocycles. The number of ether oxygens (including phenoxy) is 1. The Hall–Kier alpha value is -9.53. The summed E-state index contributed by atoms with van der Waals surface area (Å²) < 4.78 is 96.4. The standard InChI is InChI=1S/C63H43N7O/c1-41-17-13-21-44(35-41)50-28-16-27-49(43-19-5-3-6-20-43)62(50)67-40-66(54-30-11-12-31-55(54)67)46-24-15-25-47(36-46)71-48-33-34-56-59(37-48)70(63-65-61-42(2)18-14-32-57(61)69(56)63)60-38-58-52(39-64-60)51-26-9-10-29-53(51)68(58)45-22-7-4-8-23-45/h3-39H,1-2H3/i3D,5D,6D,13D,17D,19D,20D,21D,35D. The summed E-state index contributed by atoms with van der Waals surface area (Å²) >= 11 is 0. The van der Waals surface area contributed by atoms with Gasteiger partial charge < -0.3 is 9.30 Å². The molecule has 8 heteroatoms. The van der Waals surface area contributed by atoms with Crippen molar-refractivity contribution in [3.05, 3.63) is 242 Å². The molecular formula is C63H43N7O. The predicted molar refractivity (Wildman–Crippen MR) is 286 cm³/mol. The quantitative estimate of drug-likeness (QED) is 0.113. The van der Waals surface area contributed by atoms with Gasteiger partial charge in [-0.1, -0.05) is 157 Å². The number of nitrogens with zero attached hydrogens (tertiary/aromatic N) is 7. The maximum Gasteiger partial charge on any atom is 0.269 e. The highest BCUT2D eigenvalue weighted by atomic mass is 16.5. The van der Waals surface area contributed by atoms with Crippen molar-refractivity contribution >= 4 is 60.7 Å². The molecule has 0 saturated carbocycles. The number of imidazole rings is 3. The lowest BCUT2D eigenvalue weighted by atomic mass is 9.95. The van der Waals surface area contributed by atoms with Crippen molar-refractivity contribution in [3.63, 3.8) is 0 Å². The van der Waals surface area contributed by atoms with Gasteiger partial charge in [0.15, 0.2) is 0 Å². The molecule has 0 saturated heterocycles. The first-order valence-electron chi connectivity index (χ1n) is 27.7. The van der Waals surface area contributed by atoms with Gasteiger partial charge in [-0.05, 0) is 96.3 Å². The fourth-order valence-electron chi connectivity index (χ4n) is 10.1. The van der Waals surface area contributed by atoms with Crippen LogP contribution in [-0.2, 0) is 0 Å². The molecule has 5 aromatic heterocycles. The number of pyridine rings is 1. The van der Waals surface area contributed by atoms with Crippen LogP contribution in [0, 0.1) is 20.2 Å². The highest BCUT2D eigenvalue weighted by Gasteiger charge is 2.23. The second kappa shape index (κ2) is 16.0. The number of hydrogen-bond donors (Lipinski definition) is 0. The number of para-hydroxylation sites is 6. The van der Waals surface area contributed by atoms with Crippen LogP contribution in [0.15, 0.2) is 224 Å². The van der Waals surface area contributed by atoms with E-state index in [2.05, 4.69) is 75.3 Å². The molecule has 14 rings (SSSR count). The number of aromatic nitrogens is 7. The van der Waals surface area contributed by atoms with E-state index in [1.54, 1.807) is 29.7 Å². The molecule has 0 unspecified atom stereocenters. The summed E-state index contributed by atoms with van der Waals surface area (Å²) in [5.41, 5.74) is 10.5. The second-order valence-corrected chi connectivity index (χ2v) is 17.5. The summed E-state index contributed by atoms with van der Waals surface area (Å²) in [4.78, 5) is 10.4. The SMILES string of the molecule is [2H]c1c([2H])c([2H])c(-c2cccc(-c3c([2H])c([2H])c([2H])c(C)c3[2H])c2-[n+]2[c-]n(-c3cccc(Oc4ccc5c(c4)n(-c4cc6c(cn4)c4ccccc4n6-c4ccccc4)c4nc6c(C)cccc6n54)c3)c3ccccc32)c([2H])c1[2H]. The first-order valence-corrected chi connectivity index (χ1v) is 23.2. The zero-order valence-corrected chi connectivity index (χ0v) is 38.2. The fraction of sp³-hybridized carbons (Fsp3) is 0.0317. The van der Waals surface area contributed by atoms with E-state index >= 15 is 0 Å². The molecule has 336 valence electrons. The summed E-state index contributed by atoms with van der Waals surface area (Å²) in [5.74, 6) is 2.41. The molecule has 8 nitrogen and oxygen atoms in total. The third-order valence-electron chi connectivity index (χ3n) is 13.2. The van der Waals surface area contributed by atoms with Crippen LogP contribution < -0.4 is 9.30 Å². The average Bonchev–Trinajstić information content (AvgIpc) is 3.94. The summed E-state index contributed by atoms with van der Waals surface area (Å²) in [5, 5.41) is 2.11. The molecule has 0 aliphatic heterocycles. The number of fused-ring (bicyclic) bond motifs is 9. The molecule has 0 spiro atoms. The molecule has 9 aromatic carbocycles. The Morgan fingerprint density at radius 2 is 1.28 bits per heavy atom. The Morgan fingerprint density at radius 1 is 0.549 bits per heavy atom. The Bertz CT molecular complexity index is 4820. The van der Waals surface area contributed by atoms with Crippen molar-refractivity contribution in [2.45, 2.75) is 13.8 Å². The molecule has 0 aliphatic rings. The molecule has 0 radical (unpaired) electrons. The summed E-state index contributed by atoms with van der Waals surface area (Å²) in [6.45, 7) is 3.63. The predicted octanol–water partition coefficient (Wildman–Crippen LogP) is 14.7. The van der Waals surface area contributed by atoms with Gasteiger partial charge in [0.1, 0.15) is 17.3 Å². The van der Waals surface area contributed by atoms with Crippen molar-refractivity contribution in [2.75, 3.05) is 0 Å². The van der Waals surface area contributed by atoms with Gasteiger partial charge in [-0.15, -0.1) is 0 Å². The molecule has 71 heavy (non-hydrogen) atoms. The highest BCUT2D eigenvalue weighted by Crippen LogP contribution is 2.38. The Kier molecular flexibility index (Phi) is 7.29. The molecule has 0 aliphatic carbocycles. The number of rotatable bonds is 8. The van der Waals surface area contributed by atoms with Crippen LogP contribution in [0.1, 0.15) is 23.5 Å². The van der Waals surface area contributed by atoms with Crippen molar-refractivity contribution in [3.8, 4) is 56.6 Å². The van der Waals surface area contributed by atoms with Gasteiger partial charge in [-0.3, -0.25) is 18.1 Å². The van der Waals surface area contributed by atoms with Crippen LogP contribution in [-0.4, -0.2) is 28.1 Å². The van der Waals surface area contributed by atoms with E-state index < -0.39 is 30.2 Å². The Balaban J connectivity index is 0.932. The van der Waals surface area contributed by atoms with Crippen molar-refractivity contribution in [1.82, 2.24) is 28.1 Å². The highest BCUT2D eigenvalue weighted by molar-refractivity contribution is 6.09.